The van der Waals surface area contributed by atoms with E-state index in [1.807, 2.05) is 6.20 Å². The van der Waals surface area contributed by atoms with Crippen LogP contribution in [-0.4, -0.2) is 42.0 Å². The number of carbonyl (C=O) groups excluding carboxylic acids is 2. The van der Waals surface area contributed by atoms with E-state index in [-0.39, 0.29) is 16.9 Å². The molecule has 0 aliphatic rings. The first-order valence-corrected chi connectivity index (χ1v) is 10.0. The number of anilines is 2. The lowest BCUT2D eigenvalue weighted by molar-refractivity contribution is 0.0635. The smallest absolute Gasteiger partial charge is 0.412 e. The number of rotatable bonds is 4. The van der Waals surface area contributed by atoms with Crippen LogP contribution in [0.2, 0.25) is 0 Å². The molecule has 3 aromatic heterocycles. The van der Waals surface area contributed by atoms with Crippen LogP contribution in [0.4, 0.5) is 20.6 Å². The van der Waals surface area contributed by atoms with Crippen molar-refractivity contribution in [3.63, 3.8) is 0 Å². The standard InChI is InChI=1S/C22H22FN7O3/c1-22(2,3)33-21(32)27-14-5-6-16(23)17(7-14)28-20(31)15-9-26-30-12-18(24-10-19(15)30)13-8-25-29(4)11-13/h5-12H,1-4H3,(H,27,32)(H,28,31). The summed E-state index contributed by atoms with van der Waals surface area (Å²) in [6, 6.07) is 3.82. The number of hydrogen-bond acceptors (Lipinski definition) is 6. The second-order valence-electron chi connectivity index (χ2n) is 8.34. The zero-order chi connectivity index (χ0) is 23.8. The van der Waals surface area contributed by atoms with Crippen LogP contribution in [0, 0.1) is 5.82 Å². The molecule has 0 bridgehead atoms. The molecule has 0 fully saturated rings. The van der Waals surface area contributed by atoms with Crippen LogP contribution >= 0.6 is 0 Å². The fraction of sp³-hybridized carbons (Fsp3) is 0.227. The number of nitrogens with zero attached hydrogens (tertiary/aromatic N) is 5. The first kappa shape index (κ1) is 21.9. The largest absolute Gasteiger partial charge is 0.444 e. The number of benzene rings is 1. The zero-order valence-electron chi connectivity index (χ0n) is 18.5. The second-order valence-corrected chi connectivity index (χ2v) is 8.34. The number of fused-ring (bicyclic) bond motifs is 1. The molecule has 0 saturated heterocycles. The molecule has 2 amide bonds. The van der Waals surface area contributed by atoms with Crippen LogP contribution in [-0.2, 0) is 11.8 Å². The summed E-state index contributed by atoms with van der Waals surface area (Å²) in [6.07, 6.45) is 7.36. The predicted molar refractivity (Wildman–Crippen MR) is 119 cm³/mol. The third kappa shape index (κ3) is 4.97. The number of aryl methyl sites for hydroxylation is 1. The van der Waals surface area contributed by atoms with Crippen molar-refractivity contribution >= 4 is 28.9 Å². The molecule has 2 N–H and O–H groups in total. The topological polar surface area (TPSA) is 115 Å². The van der Waals surface area contributed by atoms with E-state index in [0.717, 1.165) is 11.6 Å². The molecule has 0 atom stereocenters. The van der Waals surface area contributed by atoms with Gasteiger partial charge >= 0.3 is 6.09 Å². The summed E-state index contributed by atoms with van der Waals surface area (Å²) in [5.41, 5.74) is 1.58. The number of nitrogens with one attached hydrogen (secondary N) is 2. The normalized spacial score (nSPS) is 11.4. The predicted octanol–water partition coefficient (Wildman–Crippen LogP) is 3.87. The summed E-state index contributed by atoms with van der Waals surface area (Å²) >= 11 is 0. The fourth-order valence-corrected chi connectivity index (χ4v) is 3.07. The number of aromatic nitrogens is 5. The van der Waals surface area contributed by atoms with Crippen molar-refractivity contribution in [3.8, 4) is 11.3 Å². The van der Waals surface area contributed by atoms with Gasteiger partial charge in [0.2, 0.25) is 0 Å². The lowest BCUT2D eigenvalue weighted by Crippen LogP contribution is -2.27. The van der Waals surface area contributed by atoms with Crippen LogP contribution in [0.15, 0.2) is 49.2 Å². The van der Waals surface area contributed by atoms with Gasteiger partial charge in [-0.15, -0.1) is 0 Å². The third-order valence-electron chi connectivity index (χ3n) is 4.51. The highest BCUT2D eigenvalue weighted by Gasteiger charge is 2.19. The molecule has 3 heterocycles. The molecule has 33 heavy (non-hydrogen) atoms. The molecule has 0 aliphatic heterocycles. The molecular formula is C22H22FN7O3. The van der Waals surface area contributed by atoms with Gasteiger partial charge in [-0.25, -0.2) is 13.7 Å². The van der Waals surface area contributed by atoms with Gasteiger partial charge in [-0.05, 0) is 39.0 Å². The number of halogens is 1. The quantitative estimate of drug-likeness (QED) is 0.487. The van der Waals surface area contributed by atoms with Crippen molar-refractivity contribution in [1.82, 2.24) is 24.4 Å². The lowest BCUT2D eigenvalue weighted by Gasteiger charge is -2.19. The minimum absolute atomic E-state index is 0.104. The van der Waals surface area contributed by atoms with E-state index in [9.17, 15) is 14.0 Å². The molecule has 4 aromatic rings. The summed E-state index contributed by atoms with van der Waals surface area (Å²) in [5.74, 6) is -1.24. The summed E-state index contributed by atoms with van der Waals surface area (Å²) in [5, 5.41) is 13.4. The first-order chi connectivity index (χ1) is 15.6. The van der Waals surface area contributed by atoms with Gasteiger partial charge in [0.15, 0.2) is 0 Å². The van der Waals surface area contributed by atoms with Crippen molar-refractivity contribution in [1.29, 1.82) is 0 Å². The Hall–Kier alpha value is -4.28. The van der Waals surface area contributed by atoms with Gasteiger partial charge in [0, 0.05) is 24.5 Å². The molecule has 0 saturated carbocycles. The van der Waals surface area contributed by atoms with E-state index in [1.165, 1.54) is 29.0 Å². The molecule has 170 valence electrons. The lowest BCUT2D eigenvalue weighted by atomic mass is 10.2. The molecule has 1 aromatic carbocycles. The Morgan fingerprint density at radius 2 is 1.85 bits per heavy atom. The summed E-state index contributed by atoms with van der Waals surface area (Å²) in [7, 11) is 1.80. The number of amides is 2. The highest BCUT2D eigenvalue weighted by atomic mass is 19.1. The van der Waals surface area contributed by atoms with Gasteiger partial charge in [-0.2, -0.15) is 10.2 Å². The first-order valence-electron chi connectivity index (χ1n) is 10.0. The van der Waals surface area contributed by atoms with Crippen molar-refractivity contribution < 1.29 is 18.7 Å². The summed E-state index contributed by atoms with van der Waals surface area (Å²) in [4.78, 5) is 29.2. The Balaban J connectivity index is 1.54. The van der Waals surface area contributed by atoms with E-state index in [2.05, 4.69) is 25.8 Å². The highest BCUT2D eigenvalue weighted by Crippen LogP contribution is 2.23. The van der Waals surface area contributed by atoms with Gasteiger partial charge in [0.1, 0.15) is 11.4 Å². The van der Waals surface area contributed by atoms with Gasteiger partial charge in [-0.3, -0.25) is 19.8 Å². The van der Waals surface area contributed by atoms with Crippen molar-refractivity contribution in [2.24, 2.45) is 7.05 Å². The van der Waals surface area contributed by atoms with Crippen LogP contribution < -0.4 is 10.6 Å². The van der Waals surface area contributed by atoms with E-state index < -0.39 is 23.4 Å². The monoisotopic (exact) mass is 451 g/mol. The third-order valence-corrected chi connectivity index (χ3v) is 4.51. The SMILES string of the molecule is Cn1cc(-c2cn3ncc(C(=O)Nc4cc(NC(=O)OC(C)(C)C)ccc4F)c3cn2)cn1. The Kier molecular flexibility index (Phi) is 5.54. The van der Waals surface area contributed by atoms with Gasteiger partial charge < -0.3 is 10.1 Å². The molecule has 0 unspecified atom stereocenters. The van der Waals surface area contributed by atoms with E-state index >= 15 is 0 Å². The average Bonchev–Trinajstić information content (AvgIpc) is 3.34. The molecule has 10 nitrogen and oxygen atoms in total. The fourth-order valence-electron chi connectivity index (χ4n) is 3.07. The maximum Gasteiger partial charge on any atom is 0.412 e. The average molecular weight is 451 g/mol. The van der Waals surface area contributed by atoms with Crippen LogP contribution in [0.3, 0.4) is 0 Å². The van der Waals surface area contributed by atoms with Gasteiger partial charge in [0.05, 0.1) is 47.2 Å². The number of hydrogen-bond donors (Lipinski definition) is 2. The summed E-state index contributed by atoms with van der Waals surface area (Å²) < 4.78 is 22.7. The minimum Gasteiger partial charge on any atom is -0.444 e. The van der Waals surface area contributed by atoms with Crippen LogP contribution in [0.1, 0.15) is 31.1 Å². The Bertz CT molecular complexity index is 1350. The molecular weight excluding hydrogens is 429 g/mol. The zero-order valence-corrected chi connectivity index (χ0v) is 18.5. The van der Waals surface area contributed by atoms with Crippen LogP contribution in [0.25, 0.3) is 16.8 Å². The van der Waals surface area contributed by atoms with Crippen LogP contribution in [0.5, 0.6) is 0 Å². The van der Waals surface area contributed by atoms with Crippen molar-refractivity contribution in [2.45, 2.75) is 26.4 Å². The van der Waals surface area contributed by atoms with Crippen molar-refractivity contribution in [2.75, 3.05) is 10.6 Å². The Morgan fingerprint density at radius 1 is 1.06 bits per heavy atom. The minimum atomic E-state index is -0.690. The molecule has 0 radical (unpaired) electrons. The van der Waals surface area contributed by atoms with E-state index in [1.54, 1.807) is 44.9 Å². The Morgan fingerprint density at radius 3 is 2.55 bits per heavy atom. The summed E-state index contributed by atoms with van der Waals surface area (Å²) in [6.45, 7) is 5.19. The molecule has 0 spiro atoms. The van der Waals surface area contributed by atoms with Gasteiger partial charge in [0.25, 0.3) is 5.91 Å². The number of carbonyl (C=O) groups is 2. The van der Waals surface area contributed by atoms with Gasteiger partial charge in [-0.1, -0.05) is 0 Å². The molecule has 4 rings (SSSR count). The molecule has 0 aliphatic carbocycles. The Labute approximate surface area is 188 Å². The van der Waals surface area contributed by atoms with Crippen molar-refractivity contribution in [3.05, 3.63) is 60.6 Å². The number of ether oxygens (including phenoxy) is 1. The maximum absolute atomic E-state index is 14.3. The molecule has 11 heteroatoms. The van der Waals surface area contributed by atoms with E-state index in [4.69, 9.17) is 4.74 Å². The van der Waals surface area contributed by atoms with E-state index in [0.29, 0.717) is 11.2 Å². The highest BCUT2D eigenvalue weighted by molar-refractivity contribution is 6.09. The second kappa shape index (κ2) is 8.34. The maximum atomic E-state index is 14.3.